The summed E-state index contributed by atoms with van der Waals surface area (Å²) in [5.74, 6) is 1.90. The van der Waals surface area contributed by atoms with Gasteiger partial charge >= 0.3 is 5.63 Å². The summed E-state index contributed by atoms with van der Waals surface area (Å²) >= 11 is 0. The number of hydrogen-bond acceptors (Lipinski definition) is 8. The van der Waals surface area contributed by atoms with Gasteiger partial charge in [-0.2, -0.15) is 0 Å². The molecule has 3 heterocycles. The molecule has 0 saturated carbocycles. The largest absolute Gasteiger partial charge is 0.497 e. The molecule has 0 amide bonds. The van der Waals surface area contributed by atoms with Crippen LogP contribution >= 0.6 is 0 Å². The van der Waals surface area contributed by atoms with Crippen LogP contribution in [0.3, 0.4) is 0 Å². The smallest absolute Gasteiger partial charge is 0.347 e. The standard InChI is InChI=1S/C25H33N5O3/c1-17(2)20-15-18(32-5)16-21-22(20)25(31)33-24(27-21)19-7-6-8-26-23(19)30-13-11-29(12-14-30)10-9-28(3)4/h6-8,15-17H,9-14H2,1-5H3. The number of anilines is 1. The van der Waals surface area contributed by atoms with Crippen LogP contribution in [0.1, 0.15) is 25.3 Å². The normalized spacial score (nSPS) is 15.1. The summed E-state index contributed by atoms with van der Waals surface area (Å²) in [6, 6.07) is 7.45. The van der Waals surface area contributed by atoms with Gasteiger partial charge in [0.15, 0.2) is 0 Å². The van der Waals surface area contributed by atoms with Gasteiger partial charge in [0, 0.05) is 51.5 Å². The molecule has 1 fully saturated rings. The van der Waals surface area contributed by atoms with Gasteiger partial charge in [-0.3, -0.25) is 4.90 Å². The lowest BCUT2D eigenvalue weighted by Gasteiger charge is -2.36. The number of aromatic nitrogens is 2. The molecule has 1 aliphatic rings. The first kappa shape index (κ1) is 23.2. The fraction of sp³-hybridized carbons (Fsp3) is 0.480. The van der Waals surface area contributed by atoms with E-state index in [-0.39, 0.29) is 17.4 Å². The van der Waals surface area contributed by atoms with E-state index in [0.29, 0.717) is 16.7 Å². The quantitative estimate of drug-likeness (QED) is 0.543. The second-order valence-electron chi connectivity index (χ2n) is 9.08. The number of benzene rings is 1. The molecule has 0 aliphatic carbocycles. The van der Waals surface area contributed by atoms with Gasteiger partial charge in [-0.1, -0.05) is 13.8 Å². The predicted octanol–water partition coefficient (Wildman–Crippen LogP) is 3.07. The van der Waals surface area contributed by atoms with Gasteiger partial charge in [0.25, 0.3) is 0 Å². The van der Waals surface area contributed by atoms with Crippen LogP contribution in [0, 0.1) is 0 Å². The monoisotopic (exact) mass is 451 g/mol. The number of ether oxygens (including phenoxy) is 1. The van der Waals surface area contributed by atoms with Crippen molar-refractivity contribution in [2.24, 2.45) is 0 Å². The van der Waals surface area contributed by atoms with E-state index in [0.717, 1.165) is 56.2 Å². The third-order valence-corrected chi connectivity index (χ3v) is 6.15. The third kappa shape index (κ3) is 5.02. The van der Waals surface area contributed by atoms with E-state index in [1.54, 1.807) is 19.4 Å². The second kappa shape index (κ2) is 9.89. The highest BCUT2D eigenvalue weighted by atomic mass is 16.5. The summed E-state index contributed by atoms with van der Waals surface area (Å²) in [7, 11) is 5.82. The zero-order valence-corrected chi connectivity index (χ0v) is 20.2. The maximum absolute atomic E-state index is 13.1. The van der Waals surface area contributed by atoms with E-state index in [9.17, 15) is 4.79 Å². The number of piperazine rings is 1. The van der Waals surface area contributed by atoms with Crippen molar-refractivity contribution in [1.82, 2.24) is 19.8 Å². The Bertz CT molecular complexity index is 1170. The highest BCUT2D eigenvalue weighted by molar-refractivity contribution is 5.85. The van der Waals surface area contributed by atoms with E-state index in [2.05, 4.69) is 33.8 Å². The lowest BCUT2D eigenvalue weighted by Crippen LogP contribution is -2.48. The van der Waals surface area contributed by atoms with Crippen molar-refractivity contribution in [3.8, 4) is 17.2 Å². The number of likely N-dealkylation sites (N-methyl/N-ethyl adjacent to an activating group) is 1. The van der Waals surface area contributed by atoms with Crippen molar-refractivity contribution in [3.63, 3.8) is 0 Å². The van der Waals surface area contributed by atoms with E-state index >= 15 is 0 Å². The molecule has 4 rings (SSSR count). The molecule has 0 N–H and O–H groups in total. The minimum Gasteiger partial charge on any atom is -0.497 e. The number of hydrogen-bond donors (Lipinski definition) is 0. The van der Waals surface area contributed by atoms with E-state index in [1.807, 2.05) is 32.0 Å². The van der Waals surface area contributed by atoms with Gasteiger partial charge in [-0.05, 0) is 43.8 Å². The van der Waals surface area contributed by atoms with E-state index in [1.165, 1.54) is 0 Å². The Kier molecular flexibility index (Phi) is 6.95. The fourth-order valence-corrected chi connectivity index (χ4v) is 4.23. The van der Waals surface area contributed by atoms with Crippen LogP contribution in [0.2, 0.25) is 0 Å². The van der Waals surface area contributed by atoms with Gasteiger partial charge in [0.2, 0.25) is 5.89 Å². The van der Waals surface area contributed by atoms with Crippen molar-refractivity contribution in [3.05, 3.63) is 46.4 Å². The SMILES string of the molecule is COc1cc(C(C)C)c2c(=O)oc(-c3cccnc3N3CCN(CCN(C)C)CC3)nc2c1. The molecule has 0 radical (unpaired) electrons. The van der Waals surface area contributed by atoms with Crippen molar-refractivity contribution < 1.29 is 9.15 Å². The molecule has 0 bridgehead atoms. The molecule has 8 nitrogen and oxygen atoms in total. The van der Waals surface area contributed by atoms with Gasteiger partial charge in [0.1, 0.15) is 11.6 Å². The van der Waals surface area contributed by atoms with Crippen LogP contribution in [0.5, 0.6) is 5.75 Å². The maximum atomic E-state index is 13.1. The van der Waals surface area contributed by atoms with Gasteiger partial charge in [0.05, 0.1) is 23.6 Å². The molecule has 1 saturated heterocycles. The Morgan fingerprint density at radius 3 is 2.61 bits per heavy atom. The van der Waals surface area contributed by atoms with Crippen molar-refractivity contribution >= 4 is 16.7 Å². The molecular weight excluding hydrogens is 418 g/mol. The molecule has 1 aliphatic heterocycles. The summed E-state index contributed by atoms with van der Waals surface area (Å²) in [4.78, 5) is 29.4. The van der Waals surface area contributed by atoms with Crippen LogP contribution in [0.15, 0.2) is 39.7 Å². The highest BCUT2D eigenvalue weighted by Gasteiger charge is 2.23. The third-order valence-electron chi connectivity index (χ3n) is 6.15. The lowest BCUT2D eigenvalue weighted by atomic mass is 9.98. The topological polar surface area (TPSA) is 74.9 Å². The van der Waals surface area contributed by atoms with Gasteiger partial charge in [-0.15, -0.1) is 0 Å². The zero-order chi connectivity index (χ0) is 23.5. The number of rotatable bonds is 7. The number of methoxy groups -OCH3 is 1. The predicted molar refractivity (Wildman–Crippen MR) is 131 cm³/mol. The molecule has 0 spiro atoms. The molecule has 33 heavy (non-hydrogen) atoms. The summed E-state index contributed by atoms with van der Waals surface area (Å²) in [5, 5.41) is 0.509. The van der Waals surface area contributed by atoms with E-state index in [4.69, 9.17) is 14.1 Å². The molecule has 176 valence electrons. The summed E-state index contributed by atoms with van der Waals surface area (Å²) in [6.07, 6.45) is 1.77. The highest BCUT2D eigenvalue weighted by Crippen LogP contribution is 2.32. The zero-order valence-electron chi connectivity index (χ0n) is 20.2. The Morgan fingerprint density at radius 1 is 1.18 bits per heavy atom. The number of fused-ring (bicyclic) bond motifs is 1. The first-order valence-corrected chi connectivity index (χ1v) is 11.5. The van der Waals surface area contributed by atoms with Crippen LogP contribution in [-0.2, 0) is 0 Å². The summed E-state index contributed by atoms with van der Waals surface area (Å²) in [6.45, 7) is 9.83. The van der Waals surface area contributed by atoms with Crippen molar-refractivity contribution in [2.45, 2.75) is 19.8 Å². The van der Waals surface area contributed by atoms with Crippen molar-refractivity contribution in [1.29, 1.82) is 0 Å². The van der Waals surface area contributed by atoms with Crippen LogP contribution in [0.4, 0.5) is 5.82 Å². The lowest BCUT2D eigenvalue weighted by molar-refractivity contribution is 0.229. The summed E-state index contributed by atoms with van der Waals surface area (Å²) < 4.78 is 11.2. The van der Waals surface area contributed by atoms with Crippen LogP contribution in [-0.4, -0.2) is 80.2 Å². The molecule has 2 aromatic heterocycles. The van der Waals surface area contributed by atoms with Gasteiger partial charge in [-0.25, -0.2) is 14.8 Å². The second-order valence-corrected chi connectivity index (χ2v) is 9.08. The molecule has 3 aromatic rings. The molecule has 1 aromatic carbocycles. The van der Waals surface area contributed by atoms with Crippen molar-refractivity contribution in [2.75, 3.05) is 65.4 Å². The minimum absolute atomic E-state index is 0.135. The Labute approximate surface area is 194 Å². The van der Waals surface area contributed by atoms with Gasteiger partial charge < -0.3 is 19.0 Å². The van der Waals surface area contributed by atoms with Crippen LogP contribution < -0.4 is 15.3 Å². The Morgan fingerprint density at radius 2 is 1.94 bits per heavy atom. The average molecular weight is 452 g/mol. The fourth-order valence-electron chi connectivity index (χ4n) is 4.23. The number of nitrogens with zero attached hydrogens (tertiary/aromatic N) is 5. The first-order chi connectivity index (χ1) is 15.9. The Hall–Kier alpha value is -2.97. The van der Waals surface area contributed by atoms with E-state index < -0.39 is 0 Å². The maximum Gasteiger partial charge on any atom is 0.347 e. The first-order valence-electron chi connectivity index (χ1n) is 11.5. The molecule has 0 atom stereocenters. The van der Waals surface area contributed by atoms with Crippen LogP contribution in [0.25, 0.3) is 22.4 Å². The number of pyridine rings is 1. The molecule has 0 unspecified atom stereocenters. The molecule has 8 heteroatoms. The average Bonchev–Trinajstić information content (AvgIpc) is 2.82. The summed E-state index contributed by atoms with van der Waals surface area (Å²) in [5.41, 5.74) is 1.79. The minimum atomic E-state index is -0.385. The molecular formula is C25H33N5O3. The Balaban J connectivity index is 1.68.